The minimum absolute atomic E-state index is 0.00677. The van der Waals surface area contributed by atoms with Crippen LogP contribution in [-0.4, -0.2) is 16.8 Å². The summed E-state index contributed by atoms with van der Waals surface area (Å²) in [4.78, 5) is 27.0. The number of halogens is 3. The molecule has 1 aromatic heterocycles. The molecule has 1 heterocycles. The SMILES string of the molecule is CC(C)CC(=O)Nc1ccc(NC(=O)c2ccc(C(F)(F)F)nc2)cc1. The van der Waals surface area contributed by atoms with Gasteiger partial charge in [-0.25, -0.2) is 0 Å². The molecule has 0 saturated heterocycles. The first-order valence-electron chi connectivity index (χ1n) is 7.89. The summed E-state index contributed by atoms with van der Waals surface area (Å²) >= 11 is 0. The van der Waals surface area contributed by atoms with Crippen molar-refractivity contribution in [2.45, 2.75) is 26.4 Å². The van der Waals surface area contributed by atoms with E-state index in [1.54, 1.807) is 24.3 Å². The average molecular weight is 365 g/mol. The third-order valence-electron chi connectivity index (χ3n) is 3.34. The van der Waals surface area contributed by atoms with Crippen LogP contribution in [0.4, 0.5) is 24.5 Å². The minimum Gasteiger partial charge on any atom is -0.326 e. The second-order valence-corrected chi connectivity index (χ2v) is 6.11. The molecule has 138 valence electrons. The first-order valence-corrected chi connectivity index (χ1v) is 7.89. The van der Waals surface area contributed by atoms with Crippen LogP contribution >= 0.6 is 0 Å². The number of pyridine rings is 1. The topological polar surface area (TPSA) is 71.1 Å². The van der Waals surface area contributed by atoms with Crippen molar-refractivity contribution in [1.82, 2.24) is 4.98 Å². The molecular weight excluding hydrogens is 347 g/mol. The number of alkyl halides is 3. The lowest BCUT2D eigenvalue weighted by Crippen LogP contribution is -2.15. The van der Waals surface area contributed by atoms with Gasteiger partial charge in [0.25, 0.3) is 5.91 Å². The van der Waals surface area contributed by atoms with Gasteiger partial charge in [-0.15, -0.1) is 0 Å². The van der Waals surface area contributed by atoms with Crippen LogP contribution in [0.1, 0.15) is 36.3 Å². The van der Waals surface area contributed by atoms with Crippen molar-refractivity contribution < 1.29 is 22.8 Å². The maximum absolute atomic E-state index is 12.5. The third kappa shape index (κ3) is 5.58. The largest absolute Gasteiger partial charge is 0.433 e. The summed E-state index contributed by atoms with van der Waals surface area (Å²) in [5, 5.41) is 5.29. The molecule has 0 atom stereocenters. The standard InChI is InChI=1S/C18H18F3N3O2/c1-11(2)9-16(25)23-13-4-6-14(7-5-13)24-17(26)12-3-8-15(22-10-12)18(19,20)21/h3-8,10-11H,9H2,1-2H3,(H,23,25)(H,24,26). The number of nitrogens with one attached hydrogen (secondary N) is 2. The second kappa shape index (κ2) is 7.99. The number of hydrogen-bond donors (Lipinski definition) is 2. The number of rotatable bonds is 5. The van der Waals surface area contributed by atoms with E-state index < -0.39 is 17.8 Å². The van der Waals surface area contributed by atoms with Gasteiger partial charge in [0.1, 0.15) is 5.69 Å². The summed E-state index contributed by atoms with van der Waals surface area (Å²) in [5.74, 6) is -0.443. The maximum Gasteiger partial charge on any atom is 0.433 e. The van der Waals surface area contributed by atoms with Crippen molar-refractivity contribution in [3.63, 3.8) is 0 Å². The Balaban J connectivity index is 1.98. The molecule has 0 fully saturated rings. The summed E-state index contributed by atoms with van der Waals surface area (Å²) in [5.41, 5.74) is -0.0237. The molecule has 0 unspecified atom stereocenters. The molecule has 26 heavy (non-hydrogen) atoms. The van der Waals surface area contributed by atoms with E-state index in [4.69, 9.17) is 0 Å². The number of carbonyl (C=O) groups is 2. The Morgan fingerprint density at radius 1 is 1.00 bits per heavy atom. The lowest BCUT2D eigenvalue weighted by molar-refractivity contribution is -0.141. The van der Waals surface area contributed by atoms with Gasteiger partial charge in [0.05, 0.1) is 5.56 Å². The van der Waals surface area contributed by atoms with E-state index in [2.05, 4.69) is 15.6 Å². The van der Waals surface area contributed by atoms with Gasteiger partial charge < -0.3 is 10.6 Å². The Hall–Kier alpha value is -2.90. The molecule has 5 nitrogen and oxygen atoms in total. The quantitative estimate of drug-likeness (QED) is 0.828. The molecule has 2 amide bonds. The fraction of sp³-hybridized carbons (Fsp3) is 0.278. The highest BCUT2D eigenvalue weighted by atomic mass is 19.4. The van der Waals surface area contributed by atoms with Crippen molar-refractivity contribution in [3.05, 3.63) is 53.9 Å². The van der Waals surface area contributed by atoms with Crippen molar-refractivity contribution in [2.75, 3.05) is 10.6 Å². The number of amides is 2. The van der Waals surface area contributed by atoms with Crippen LogP contribution < -0.4 is 10.6 Å². The number of carbonyl (C=O) groups excluding carboxylic acids is 2. The van der Waals surface area contributed by atoms with Gasteiger partial charge in [-0.2, -0.15) is 13.2 Å². The van der Waals surface area contributed by atoms with Crippen LogP contribution in [0, 0.1) is 5.92 Å². The monoisotopic (exact) mass is 365 g/mol. The van der Waals surface area contributed by atoms with E-state index >= 15 is 0 Å². The van der Waals surface area contributed by atoms with E-state index in [0.717, 1.165) is 18.3 Å². The Kier molecular flexibility index (Phi) is 5.97. The molecule has 0 aliphatic carbocycles. The maximum atomic E-state index is 12.5. The molecule has 0 aliphatic rings. The minimum atomic E-state index is -4.55. The van der Waals surface area contributed by atoms with Gasteiger partial charge >= 0.3 is 6.18 Å². The number of nitrogens with zero attached hydrogens (tertiary/aromatic N) is 1. The van der Waals surface area contributed by atoms with E-state index in [-0.39, 0.29) is 17.4 Å². The van der Waals surface area contributed by atoms with Crippen LogP contribution in [0.25, 0.3) is 0 Å². The fourth-order valence-electron chi connectivity index (χ4n) is 2.12. The van der Waals surface area contributed by atoms with Gasteiger partial charge in [0.15, 0.2) is 0 Å². The van der Waals surface area contributed by atoms with Gasteiger partial charge in [0, 0.05) is 24.0 Å². The van der Waals surface area contributed by atoms with Gasteiger partial charge in [0.2, 0.25) is 5.91 Å². The summed E-state index contributed by atoms with van der Waals surface area (Å²) < 4.78 is 37.4. The van der Waals surface area contributed by atoms with Crippen molar-refractivity contribution in [1.29, 1.82) is 0 Å². The lowest BCUT2D eigenvalue weighted by atomic mass is 10.1. The molecule has 0 aliphatic heterocycles. The van der Waals surface area contributed by atoms with E-state index in [0.29, 0.717) is 17.8 Å². The predicted molar refractivity (Wildman–Crippen MR) is 91.7 cm³/mol. The van der Waals surface area contributed by atoms with Gasteiger partial charge in [-0.1, -0.05) is 13.8 Å². The Morgan fingerprint density at radius 2 is 1.58 bits per heavy atom. The molecular formula is C18H18F3N3O2. The molecule has 0 radical (unpaired) electrons. The fourth-order valence-corrected chi connectivity index (χ4v) is 2.12. The number of aromatic nitrogens is 1. The summed E-state index contributed by atoms with van der Waals surface area (Å²) in [7, 11) is 0. The third-order valence-corrected chi connectivity index (χ3v) is 3.34. The van der Waals surface area contributed by atoms with Crippen LogP contribution in [0.5, 0.6) is 0 Å². The highest BCUT2D eigenvalue weighted by molar-refractivity contribution is 6.04. The van der Waals surface area contributed by atoms with Crippen molar-refractivity contribution in [2.24, 2.45) is 5.92 Å². The zero-order chi connectivity index (χ0) is 19.3. The van der Waals surface area contributed by atoms with Crippen LogP contribution in [0.15, 0.2) is 42.6 Å². The van der Waals surface area contributed by atoms with E-state index in [1.165, 1.54) is 0 Å². The highest BCUT2D eigenvalue weighted by Crippen LogP contribution is 2.27. The number of anilines is 2. The lowest BCUT2D eigenvalue weighted by Gasteiger charge is -2.09. The molecule has 2 N–H and O–H groups in total. The molecule has 0 spiro atoms. The smallest absolute Gasteiger partial charge is 0.326 e. The first kappa shape index (κ1) is 19.4. The predicted octanol–water partition coefficient (Wildman–Crippen LogP) is 4.34. The first-order chi connectivity index (χ1) is 12.1. The molecule has 0 saturated carbocycles. The zero-order valence-corrected chi connectivity index (χ0v) is 14.2. The van der Waals surface area contributed by atoms with Gasteiger partial charge in [-0.3, -0.25) is 14.6 Å². The molecule has 2 aromatic rings. The molecule has 2 rings (SSSR count). The number of benzene rings is 1. The van der Waals surface area contributed by atoms with Crippen molar-refractivity contribution in [3.8, 4) is 0 Å². The van der Waals surface area contributed by atoms with Crippen LogP contribution in [-0.2, 0) is 11.0 Å². The summed E-state index contributed by atoms with van der Waals surface area (Å²) in [6.07, 6.45) is -3.27. The van der Waals surface area contributed by atoms with E-state index in [9.17, 15) is 22.8 Å². The van der Waals surface area contributed by atoms with Gasteiger partial charge in [-0.05, 0) is 42.3 Å². The number of hydrogen-bond acceptors (Lipinski definition) is 3. The summed E-state index contributed by atoms with van der Waals surface area (Å²) in [6.45, 7) is 3.88. The van der Waals surface area contributed by atoms with E-state index in [1.807, 2.05) is 13.8 Å². The molecule has 8 heteroatoms. The van der Waals surface area contributed by atoms with Crippen LogP contribution in [0.2, 0.25) is 0 Å². The second-order valence-electron chi connectivity index (χ2n) is 6.11. The Bertz CT molecular complexity index is 770. The summed E-state index contributed by atoms with van der Waals surface area (Å²) in [6, 6.07) is 8.23. The Labute approximate surface area is 148 Å². The highest BCUT2D eigenvalue weighted by Gasteiger charge is 2.32. The normalized spacial score (nSPS) is 11.3. The zero-order valence-electron chi connectivity index (χ0n) is 14.2. The van der Waals surface area contributed by atoms with Crippen LogP contribution in [0.3, 0.4) is 0 Å². The van der Waals surface area contributed by atoms with Crippen molar-refractivity contribution >= 4 is 23.2 Å². The molecule has 0 bridgehead atoms. The average Bonchev–Trinajstić information content (AvgIpc) is 2.55. The Morgan fingerprint density at radius 3 is 2.04 bits per heavy atom. The molecule has 1 aromatic carbocycles.